The summed E-state index contributed by atoms with van der Waals surface area (Å²) >= 11 is 0. The molecule has 0 aromatic heterocycles. The van der Waals surface area contributed by atoms with Gasteiger partial charge in [-0.25, -0.2) is 0 Å². The Labute approximate surface area is 113 Å². The molecule has 0 heterocycles. The third-order valence-electron chi connectivity index (χ3n) is 4.17. The van der Waals surface area contributed by atoms with Crippen LogP contribution in [0, 0.1) is 11.8 Å². The van der Waals surface area contributed by atoms with Gasteiger partial charge in [-0.2, -0.15) is 0 Å². The zero-order valence-corrected chi connectivity index (χ0v) is 12.7. The first-order valence-electron chi connectivity index (χ1n) is 7.97. The lowest BCUT2D eigenvalue weighted by atomic mass is 9.83. The maximum Gasteiger partial charge on any atom is 0.162 e. The van der Waals surface area contributed by atoms with Gasteiger partial charge in [0.05, 0.1) is 0 Å². The summed E-state index contributed by atoms with van der Waals surface area (Å²) in [6, 6.07) is 0. The van der Waals surface area contributed by atoms with Gasteiger partial charge in [0, 0.05) is 5.92 Å². The van der Waals surface area contributed by atoms with Crippen molar-refractivity contribution in [2.45, 2.75) is 79.1 Å². The number of rotatable bonds is 8. The fourth-order valence-electron chi connectivity index (χ4n) is 3.50. The fourth-order valence-corrected chi connectivity index (χ4v) is 3.50. The summed E-state index contributed by atoms with van der Waals surface area (Å²) < 4.78 is 0. The molecule has 0 fully saturated rings. The third kappa shape index (κ3) is 3.24. The first kappa shape index (κ1) is 15.5. The molecule has 1 nitrogen and oxygen atoms in total. The molecule has 0 spiro atoms. The van der Waals surface area contributed by atoms with Gasteiger partial charge in [0.1, 0.15) is 0 Å². The quantitative estimate of drug-likeness (QED) is 0.571. The first-order chi connectivity index (χ1) is 8.71. The average molecular weight is 250 g/mol. The van der Waals surface area contributed by atoms with Crippen LogP contribution in [-0.4, -0.2) is 5.78 Å². The largest absolute Gasteiger partial charge is 0.294 e. The lowest BCUT2D eigenvalue weighted by Gasteiger charge is -2.20. The van der Waals surface area contributed by atoms with E-state index in [-0.39, 0.29) is 0 Å². The molecule has 0 N–H and O–H groups in total. The van der Waals surface area contributed by atoms with Crippen LogP contribution in [0.3, 0.4) is 0 Å². The van der Waals surface area contributed by atoms with Gasteiger partial charge in [-0.05, 0) is 37.2 Å². The Balaban J connectivity index is 2.99. The summed E-state index contributed by atoms with van der Waals surface area (Å²) in [5, 5.41) is 0. The van der Waals surface area contributed by atoms with E-state index < -0.39 is 0 Å². The van der Waals surface area contributed by atoms with Crippen molar-refractivity contribution < 1.29 is 4.79 Å². The van der Waals surface area contributed by atoms with Crippen LogP contribution in [0.2, 0.25) is 0 Å². The number of hydrogen-bond donors (Lipinski definition) is 0. The lowest BCUT2D eigenvalue weighted by molar-refractivity contribution is -0.119. The zero-order valence-electron chi connectivity index (χ0n) is 12.7. The minimum absolute atomic E-state index is 0.318. The van der Waals surface area contributed by atoms with Gasteiger partial charge in [-0.15, -0.1) is 0 Å². The van der Waals surface area contributed by atoms with Gasteiger partial charge in [0.25, 0.3) is 0 Å². The number of carbonyl (C=O) groups excluding carboxylic acids is 1. The molecule has 18 heavy (non-hydrogen) atoms. The average Bonchev–Trinajstić information content (AvgIpc) is 2.58. The predicted molar refractivity (Wildman–Crippen MR) is 78.6 cm³/mol. The molecule has 0 amide bonds. The minimum Gasteiger partial charge on any atom is -0.294 e. The Bertz CT molecular complexity index is 301. The van der Waals surface area contributed by atoms with E-state index in [1.807, 2.05) is 0 Å². The Kier molecular flexibility index (Phi) is 6.67. The number of ketones is 1. The third-order valence-corrected chi connectivity index (χ3v) is 4.17. The van der Waals surface area contributed by atoms with Crippen molar-refractivity contribution in [2.24, 2.45) is 11.8 Å². The second-order valence-corrected chi connectivity index (χ2v) is 5.66. The lowest BCUT2D eigenvalue weighted by Crippen LogP contribution is -2.18. The molecule has 0 saturated carbocycles. The molecule has 1 rings (SSSR count). The predicted octanol–water partition coefficient (Wildman–Crippen LogP) is 5.30. The standard InChI is InChI=1S/C17H30O/c1-5-9-13-14(10-6-2)16(12-8-4)17(18)15(13)11-7-3/h13,15H,5-12H2,1-4H3. The second kappa shape index (κ2) is 7.76. The normalized spacial score (nSPS) is 24.1. The van der Waals surface area contributed by atoms with E-state index in [2.05, 4.69) is 27.7 Å². The fraction of sp³-hybridized carbons (Fsp3) is 0.824. The molecule has 1 aliphatic carbocycles. The van der Waals surface area contributed by atoms with Crippen molar-refractivity contribution in [3.8, 4) is 0 Å². The number of carbonyl (C=O) groups is 1. The highest BCUT2D eigenvalue weighted by molar-refractivity contribution is 6.01. The van der Waals surface area contributed by atoms with Gasteiger partial charge < -0.3 is 0 Å². The summed E-state index contributed by atoms with van der Waals surface area (Å²) in [7, 11) is 0. The van der Waals surface area contributed by atoms with Crippen molar-refractivity contribution in [1.82, 2.24) is 0 Å². The van der Waals surface area contributed by atoms with Crippen LogP contribution in [0.1, 0.15) is 79.1 Å². The molecule has 0 saturated heterocycles. The summed E-state index contributed by atoms with van der Waals surface area (Å²) in [6.07, 6.45) is 9.06. The molecule has 0 aromatic carbocycles. The molecule has 0 aliphatic heterocycles. The SMILES string of the molecule is CCCC1=C(CCC)C(CCC)C(CCC)C1=O. The van der Waals surface area contributed by atoms with Crippen LogP contribution in [0.4, 0.5) is 0 Å². The number of hydrogen-bond acceptors (Lipinski definition) is 1. The molecule has 104 valence electrons. The van der Waals surface area contributed by atoms with Gasteiger partial charge in [-0.1, -0.05) is 59.0 Å². The summed E-state index contributed by atoms with van der Waals surface area (Å²) in [6.45, 7) is 8.87. The van der Waals surface area contributed by atoms with Crippen molar-refractivity contribution in [2.75, 3.05) is 0 Å². The van der Waals surface area contributed by atoms with E-state index >= 15 is 0 Å². The van der Waals surface area contributed by atoms with Gasteiger partial charge in [-0.3, -0.25) is 4.79 Å². The zero-order chi connectivity index (χ0) is 13.5. The summed E-state index contributed by atoms with van der Waals surface area (Å²) in [4.78, 5) is 12.6. The molecule has 0 aromatic rings. The molecule has 2 unspecified atom stereocenters. The molecule has 0 bridgehead atoms. The molecular weight excluding hydrogens is 220 g/mol. The van der Waals surface area contributed by atoms with Crippen LogP contribution >= 0.6 is 0 Å². The van der Waals surface area contributed by atoms with E-state index in [4.69, 9.17) is 0 Å². The Morgan fingerprint density at radius 2 is 1.33 bits per heavy atom. The smallest absolute Gasteiger partial charge is 0.162 e. The Morgan fingerprint density at radius 1 is 0.778 bits per heavy atom. The van der Waals surface area contributed by atoms with Gasteiger partial charge in [0.15, 0.2) is 5.78 Å². The van der Waals surface area contributed by atoms with Crippen molar-refractivity contribution in [1.29, 1.82) is 0 Å². The summed E-state index contributed by atoms with van der Waals surface area (Å²) in [5.74, 6) is 1.39. The highest BCUT2D eigenvalue weighted by Gasteiger charge is 2.38. The number of Topliss-reactive ketones (excluding diaryl/α,β-unsaturated/α-hetero) is 1. The molecule has 0 radical (unpaired) electrons. The minimum atomic E-state index is 0.318. The maximum atomic E-state index is 12.6. The van der Waals surface area contributed by atoms with E-state index in [1.54, 1.807) is 0 Å². The second-order valence-electron chi connectivity index (χ2n) is 5.66. The van der Waals surface area contributed by atoms with Crippen LogP contribution < -0.4 is 0 Å². The molecule has 2 atom stereocenters. The Hall–Kier alpha value is -0.590. The monoisotopic (exact) mass is 250 g/mol. The van der Waals surface area contributed by atoms with Crippen LogP contribution in [0.15, 0.2) is 11.1 Å². The van der Waals surface area contributed by atoms with E-state index in [0.29, 0.717) is 17.6 Å². The topological polar surface area (TPSA) is 17.1 Å². The molecular formula is C17H30O. The number of allylic oxidation sites excluding steroid dienone is 2. The first-order valence-corrected chi connectivity index (χ1v) is 7.97. The summed E-state index contributed by atoms with van der Waals surface area (Å²) in [5.41, 5.74) is 2.75. The molecule has 1 heteroatoms. The van der Waals surface area contributed by atoms with E-state index in [1.165, 1.54) is 30.4 Å². The maximum absolute atomic E-state index is 12.6. The van der Waals surface area contributed by atoms with Crippen LogP contribution in [-0.2, 0) is 4.79 Å². The van der Waals surface area contributed by atoms with Crippen molar-refractivity contribution in [3.63, 3.8) is 0 Å². The Morgan fingerprint density at radius 3 is 1.83 bits per heavy atom. The molecule has 1 aliphatic rings. The van der Waals surface area contributed by atoms with Gasteiger partial charge >= 0.3 is 0 Å². The van der Waals surface area contributed by atoms with Crippen LogP contribution in [0.25, 0.3) is 0 Å². The van der Waals surface area contributed by atoms with E-state index in [0.717, 1.165) is 32.1 Å². The highest BCUT2D eigenvalue weighted by atomic mass is 16.1. The highest BCUT2D eigenvalue weighted by Crippen LogP contribution is 2.43. The van der Waals surface area contributed by atoms with E-state index in [9.17, 15) is 4.79 Å². The van der Waals surface area contributed by atoms with Gasteiger partial charge in [0.2, 0.25) is 0 Å². The van der Waals surface area contributed by atoms with Crippen LogP contribution in [0.5, 0.6) is 0 Å². The van der Waals surface area contributed by atoms with Crippen molar-refractivity contribution in [3.05, 3.63) is 11.1 Å². The van der Waals surface area contributed by atoms with Crippen molar-refractivity contribution >= 4 is 5.78 Å².